The van der Waals surface area contributed by atoms with E-state index in [0.717, 1.165) is 26.1 Å². The Morgan fingerprint density at radius 2 is 1.42 bits per heavy atom. The van der Waals surface area contributed by atoms with Crippen LogP contribution in [0.25, 0.3) is 0 Å². The van der Waals surface area contributed by atoms with Gasteiger partial charge in [-0.25, -0.2) is 0 Å². The zero-order valence-electron chi connectivity index (χ0n) is 8.01. The fourth-order valence-electron chi connectivity index (χ4n) is 1.04. The van der Waals surface area contributed by atoms with Gasteiger partial charge in [0.25, 0.3) is 0 Å². The maximum absolute atomic E-state index is 4.97. The molecule has 0 unspecified atom stereocenters. The molecule has 3 heteroatoms. The molecule has 0 rings (SSSR count). The molecule has 0 saturated carbocycles. The highest BCUT2D eigenvalue weighted by atomic mass is 79.9. The van der Waals surface area contributed by atoms with E-state index in [2.05, 4.69) is 15.9 Å². The third-order valence-electron chi connectivity index (χ3n) is 1.73. The average Bonchev–Trinajstić information content (AvgIpc) is 2.06. The highest BCUT2D eigenvalue weighted by molar-refractivity contribution is 9.09. The standard InChI is InChI=1S/C9H19BrO2/c1-11-7-3-5-9(10)6-4-8-12-2/h9H,3-8H2,1-2H3. The van der Waals surface area contributed by atoms with Crippen molar-refractivity contribution in [3.63, 3.8) is 0 Å². The third kappa shape index (κ3) is 8.50. The van der Waals surface area contributed by atoms with Crippen LogP contribution in [0.4, 0.5) is 0 Å². The summed E-state index contributed by atoms with van der Waals surface area (Å²) in [4.78, 5) is 0.628. The molecular weight excluding hydrogens is 220 g/mol. The number of hydrogen-bond donors (Lipinski definition) is 0. The number of methoxy groups -OCH3 is 2. The molecule has 0 amide bonds. The van der Waals surface area contributed by atoms with Crippen LogP contribution in [0.2, 0.25) is 0 Å². The fourth-order valence-corrected chi connectivity index (χ4v) is 1.69. The lowest BCUT2D eigenvalue weighted by atomic mass is 10.1. The number of rotatable bonds is 8. The molecule has 0 bridgehead atoms. The van der Waals surface area contributed by atoms with Crippen molar-refractivity contribution >= 4 is 15.9 Å². The summed E-state index contributed by atoms with van der Waals surface area (Å²) in [5.74, 6) is 0. The molecule has 0 aromatic carbocycles. The van der Waals surface area contributed by atoms with E-state index in [4.69, 9.17) is 9.47 Å². The minimum Gasteiger partial charge on any atom is -0.385 e. The Kier molecular flexibility index (Phi) is 9.80. The summed E-state index contributed by atoms with van der Waals surface area (Å²) in [5, 5.41) is 0. The zero-order valence-corrected chi connectivity index (χ0v) is 9.60. The van der Waals surface area contributed by atoms with Gasteiger partial charge in [0, 0.05) is 32.3 Å². The van der Waals surface area contributed by atoms with Crippen molar-refractivity contribution in [3.05, 3.63) is 0 Å². The van der Waals surface area contributed by atoms with Gasteiger partial charge in [0.1, 0.15) is 0 Å². The predicted molar refractivity (Wildman–Crippen MR) is 54.9 cm³/mol. The van der Waals surface area contributed by atoms with Crippen molar-refractivity contribution in [2.75, 3.05) is 27.4 Å². The van der Waals surface area contributed by atoms with Crippen molar-refractivity contribution in [2.24, 2.45) is 0 Å². The molecular formula is C9H19BrO2. The molecule has 0 radical (unpaired) electrons. The summed E-state index contributed by atoms with van der Waals surface area (Å²) in [7, 11) is 3.49. The molecule has 0 N–H and O–H groups in total. The number of halogens is 1. The first kappa shape index (κ1) is 12.4. The molecule has 0 aliphatic rings. The van der Waals surface area contributed by atoms with Crippen molar-refractivity contribution in [1.29, 1.82) is 0 Å². The molecule has 12 heavy (non-hydrogen) atoms. The second-order valence-electron chi connectivity index (χ2n) is 2.87. The summed E-state index contributed by atoms with van der Waals surface area (Å²) < 4.78 is 9.94. The predicted octanol–water partition coefficient (Wildman–Crippen LogP) is 2.60. The first-order valence-corrected chi connectivity index (χ1v) is 5.34. The molecule has 0 aromatic heterocycles. The molecule has 0 saturated heterocycles. The van der Waals surface area contributed by atoms with Crippen LogP contribution in [0.15, 0.2) is 0 Å². The first-order valence-electron chi connectivity index (χ1n) is 4.43. The van der Waals surface area contributed by atoms with E-state index in [1.165, 1.54) is 12.8 Å². The topological polar surface area (TPSA) is 18.5 Å². The van der Waals surface area contributed by atoms with Gasteiger partial charge in [-0.15, -0.1) is 0 Å². The SMILES string of the molecule is COCCCC(Br)CCCOC. The van der Waals surface area contributed by atoms with E-state index < -0.39 is 0 Å². The number of alkyl halides is 1. The zero-order chi connectivity index (χ0) is 9.23. The van der Waals surface area contributed by atoms with Crippen molar-refractivity contribution in [2.45, 2.75) is 30.5 Å². The van der Waals surface area contributed by atoms with E-state index in [0.29, 0.717) is 4.83 Å². The fraction of sp³-hybridized carbons (Fsp3) is 1.00. The molecule has 0 aliphatic carbocycles. The number of ether oxygens (including phenoxy) is 2. The lowest BCUT2D eigenvalue weighted by Gasteiger charge is -2.08. The number of hydrogen-bond acceptors (Lipinski definition) is 2. The smallest absolute Gasteiger partial charge is 0.0462 e. The van der Waals surface area contributed by atoms with Crippen LogP contribution in [0.5, 0.6) is 0 Å². The highest BCUT2D eigenvalue weighted by Gasteiger charge is 2.02. The lowest BCUT2D eigenvalue weighted by Crippen LogP contribution is -2.02. The summed E-state index contributed by atoms with van der Waals surface area (Å²) in [6.45, 7) is 1.73. The molecule has 0 aromatic rings. The summed E-state index contributed by atoms with van der Waals surface area (Å²) >= 11 is 3.63. The monoisotopic (exact) mass is 238 g/mol. The largest absolute Gasteiger partial charge is 0.385 e. The Hall–Kier alpha value is 0.400. The normalized spacial score (nSPS) is 11.0. The second-order valence-corrected chi connectivity index (χ2v) is 4.16. The Balaban J connectivity index is 3.04. The van der Waals surface area contributed by atoms with Crippen molar-refractivity contribution in [1.82, 2.24) is 0 Å². The minimum atomic E-state index is 0.628. The van der Waals surface area contributed by atoms with E-state index in [1.54, 1.807) is 14.2 Å². The summed E-state index contributed by atoms with van der Waals surface area (Å²) in [5.41, 5.74) is 0. The van der Waals surface area contributed by atoms with Gasteiger partial charge in [-0.05, 0) is 25.7 Å². The molecule has 0 spiro atoms. The van der Waals surface area contributed by atoms with Crippen LogP contribution in [-0.2, 0) is 9.47 Å². The van der Waals surface area contributed by atoms with Gasteiger partial charge in [-0.3, -0.25) is 0 Å². The van der Waals surface area contributed by atoms with Gasteiger partial charge < -0.3 is 9.47 Å². The quantitative estimate of drug-likeness (QED) is 0.478. The van der Waals surface area contributed by atoms with E-state index in [1.807, 2.05) is 0 Å². The van der Waals surface area contributed by atoms with Gasteiger partial charge in [-0.1, -0.05) is 15.9 Å². The molecule has 0 heterocycles. The van der Waals surface area contributed by atoms with Crippen LogP contribution in [0, 0.1) is 0 Å². The van der Waals surface area contributed by atoms with Gasteiger partial charge in [0.15, 0.2) is 0 Å². The molecule has 74 valence electrons. The molecule has 0 aliphatic heterocycles. The Morgan fingerprint density at radius 1 is 1.00 bits per heavy atom. The van der Waals surface area contributed by atoms with Gasteiger partial charge in [-0.2, -0.15) is 0 Å². The van der Waals surface area contributed by atoms with Crippen LogP contribution >= 0.6 is 15.9 Å². The van der Waals surface area contributed by atoms with Gasteiger partial charge >= 0.3 is 0 Å². The average molecular weight is 239 g/mol. The Morgan fingerprint density at radius 3 is 1.75 bits per heavy atom. The second kappa shape index (κ2) is 9.49. The van der Waals surface area contributed by atoms with E-state index in [-0.39, 0.29) is 0 Å². The van der Waals surface area contributed by atoms with Crippen LogP contribution in [0.1, 0.15) is 25.7 Å². The molecule has 0 atom stereocenters. The summed E-state index contributed by atoms with van der Waals surface area (Å²) in [6.07, 6.45) is 4.66. The van der Waals surface area contributed by atoms with Crippen LogP contribution in [0.3, 0.4) is 0 Å². The Bertz CT molecular complexity index is 78.6. The minimum absolute atomic E-state index is 0.628. The molecule has 0 fully saturated rings. The van der Waals surface area contributed by atoms with Crippen LogP contribution < -0.4 is 0 Å². The van der Waals surface area contributed by atoms with Gasteiger partial charge in [0.2, 0.25) is 0 Å². The van der Waals surface area contributed by atoms with Crippen molar-refractivity contribution in [3.8, 4) is 0 Å². The summed E-state index contributed by atoms with van der Waals surface area (Å²) in [6, 6.07) is 0. The maximum atomic E-state index is 4.97. The van der Waals surface area contributed by atoms with Crippen LogP contribution in [-0.4, -0.2) is 32.3 Å². The Labute approximate surface area is 83.8 Å². The van der Waals surface area contributed by atoms with Crippen molar-refractivity contribution < 1.29 is 9.47 Å². The third-order valence-corrected chi connectivity index (χ3v) is 2.65. The molecule has 2 nitrogen and oxygen atoms in total. The maximum Gasteiger partial charge on any atom is 0.0462 e. The first-order chi connectivity index (χ1) is 5.81. The highest BCUT2D eigenvalue weighted by Crippen LogP contribution is 2.14. The van der Waals surface area contributed by atoms with Gasteiger partial charge in [0.05, 0.1) is 0 Å². The lowest BCUT2D eigenvalue weighted by molar-refractivity contribution is 0.186. The van der Waals surface area contributed by atoms with E-state index >= 15 is 0 Å². The van der Waals surface area contributed by atoms with E-state index in [9.17, 15) is 0 Å².